The van der Waals surface area contributed by atoms with Crippen molar-refractivity contribution in [3.05, 3.63) is 42.2 Å². The monoisotopic (exact) mass is 361 g/mol. The fourth-order valence-corrected chi connectivity index (χ4v) is 3.90. The third kappa shape index (κ3) is 3.25. The molecule has 0 amide bonds. The molecule has 1 aromatic carbocycles. The van der Waals surface area contributed by atoms with Crippen LogP contribution in [0.1, 0.15) is 37.8 Å². The van der Waals surface area contributed by atoms with Gasteiger partial charge in [-0.05, 0) is 25.7 Å². The van der Waals surface area contributed by atoms with Crippen LogP contribution in [0.3, 0.4) is 0 Å². The molecule has 5 rings (SSSR count). The summed E-state index contributed by atoms with van der Waals surface area (Å²) in [5, 5.41) is 15.7. The van der Waals surface area contributed by atoms with Crippen LogP contribution < -0.4 is 10.6 Å². The molecule has 27 heavy (non-hydrogen) atoms. The molecule has 0 atom stereocenters. The lowest BCUT2D eigenvalue weighted by Crippen LogP contribution is -2.22. The molecule has 3 aromatic rings. The Bertz CT molecular complexity index is 929. The number of nitrogens with zero attached hydrogens (tertiary/aromatic N) is 5. The minimum Gasteiger partial charge on any atom is -0.381 e. The Morgan fingerprint density at radius 3 is 2.74 bits per heavy atom. The Kier molecular flexibility index (Phi) is 4.20. The van der Waals surface area contributed by atoms with Crippen molar-refractivity contribution in [3.63, 3.8) is 0 Å². The second-order valence-electron chi connectivity index (χ2n) is 7.26. The van der Waals surface area contributed by atoms with Gasteiger partial charge in [0, 0.05) is 18.2 Å². The molecule has 0 unspecified atom stereocenters. The highest BCUT2D eigenvalue weighted by atomic mass is 15.5. The summed E-state index contributed by atoms with van der Waals surface area (Å²) in [6, 6.07) is 10.5. The van der Waals surface area contributed by atoms with Crippen molar-refractivity contribution in [1.29, 1.82) is 0 Å². The summed E-state index contributed by atoms with van der Waals surface area (Å²) >= 11 is 0. The molecule has 0 spiro atoms. The van der Waals surface area contributed by atoms with E-state index >= 15 is 0 Å². The summed E-state index contributed by atoms with van der Waals surface area (Å²) in [7, 11) is 0. The van der Waals surface area contributed by atoms with Gasteiger partial charge in [-0.25, -0.2) is 4.98 Å². The van der Waals surface area contributed by atoms with Gasteiger partial charge in [-0.15, -0.1) is 5.10 Å². The Hall–Kier alpha value is -2.96. The molecule has 0 bridgehead atoms. The van der Waals surface area contributed by atoms with Gasteiger partial charge in [0.25, 0.3) is 5.95 Å². The lowest BCUT2D eigenvalue weighted by molar-refractivity contribution is 0.714. The molecule has 2 N–H and O–H groups in total. The average Bonchev–Trinajstić information content (AvgIpc) is 3.41. The van der Waals surface area contributed by atoms with Crippen LogP contribution in [0.2, 0.25) is 0 Å². The Balaban J connectivity index is 1.51. The van der Waals surface area contributed by atoms with Crippen molar-refractivity contribution in [2.45, 2.75) is 44.6 Å². The van der Waals surface area contributed by atoms with Gasteiger partial charge in [0.1, 0.15) is 5.69 Å². The Labute approximate surface area is 158 Å². The molecule has 7 nitrogen and oxygen atoms in total. The number of hydrogen-bond acceptors (Lipinski definition) is 6. The number of hydrogen-bond donors (Lipinski definition) is 2. The van der Waals surface area contributed by atoms with E-state index in [4.69, 9.17) is 9.97 Å². The van der Waals surface area contributed by atoms with Gasteiger partial charge in [-0.3, -0.25) is 0 Å². The number of benzene rings is 1. The minimum absolute atomic E-state index is 0.496. The number of aryl methyl sites for hydroxylation is 1. The standard InChI is InChI=1S/C20H23N7/c1-2-7-14(8-3-1)17-13-27(26-25-17)20-23-16-11-6-12-21-18(16)19(24-20)22-15-9-4-5-10-15/h1-3,7-8,13,15,21H,4-6,9-12H2,(H,22,23,24). The largest absolute Gasteiger partial charge is 0.381 e. The van der Waals surface area contributed by atoms with Crippen LogP contribution in [-0.4, -0.2) is 37.5 Å². The van der Waals surface area contributed by atoms with E-state index in [0.717, 1.165) is 47.8 Å². The SMILES string of the molecule is c1ccc(-c2cn(-c3nc4c(c(NC5CCCC5)n3)NCCC4)nn2)cc1. The molecule has 0 saturated heterocycles. The van der Waals surface area contributed by atoms with Gasteiger partial charge in [0.2, 0.25) is 0 Å². The van der Waals surface area contributed by atoms with Crippen molar-refractivity contribution in [2.75, 3.05) is 17.2 Å². The lowest BCUT2D eigenvalue weighted by atomic mass is 10.1. The highest BCUT2D eigenvalue weighted by molar-refractivity contribution is 5.69. The molecule has 2 aliphatic rings. The van der Waals surface area contributed by atoms with Crippen molar-refractivity contribution in [1.82, 2.24) is 25.0 Å². The molecule has 138 valence electrons. The predicted octanol–water partition coefficient (Wildman–Crippen LogP) is 3.44. The number of rotatable bonds is 4. The highest BCUT2D eigenvalue weighted by Gasteiger charge is 2.22. The summed E-state index contributed by atoms with van der Waals surface area (Å²) < 4.78 is 1.68. The number of nitrogens with one attached hydrogen (secondary N) is 2. The molecule has 0 radical (unpaired) electrons. The number of anilines is 2. The molecule has 3 heterocycles. The molecule has 1 fully saturated rings. The minimum atomic E-state index is 0.496. The predicted molar refractivity (Wildman–Crippen MR) is 105 cm³/mol. The zero-order chi connectivity index (χ0) is 18.1. The Morgan fingerprint density at radius 2 is 1.89 bits per heavy atom. The molecule has 2 aromatic heterocycles. The lowest BCUT2D eigenvalue weighted by Gasteiger charge is -2.23. The first-order chi connectivity index (χ1) is 13.4. The summed E-state index contributed by atoms with van der Waals surface area (Å²) in [6.45, 7) is 0.969. The fourth-order valence-electron chi connectivity index (χ4n) is 3.90. The van der Waals surface area contributed by atoms with Crippen LogP contribution in [0, 0.1) is 0 Å². The first-order valence-electron chi connectivity index (χ1n) is 9.76. The van der Waals surface area contributed by atoms with Crippen LogP contribution >= 0.6 is 0 Å². The average molecular weight is 361 g/mol. The molecular formula is C20H23N7. The summed E-state index contributed by atoms with van der Waals surface area (Å²) in [4.78, 5) is 9.58. The van der Waals surface area contributed by atoms with Gasteiger partial charge in [0.15, 0.2) is 5.82 Å². The van der Waals surface area contributed by atoms with E-state index in [1.54, 1.807) is 4.68 Å². The van der Waals surface area contributed by atoms with Gasteiger partial charge in [-0.1, -0.05) is 48.4 Å². The quantitative estimate of drug-likeness (QED) is 0.741. The molecule has 1 saturated carbocycles. The second-order valence-corrected chi connectivity index (χ2v) is 7.26. The third-order valence-corrected chi connectivity index (χ3v) is 5.33. The zero-order valence-corrected chi connectivity index (χ0v) is 15.2. The van der Waals surface area contributed by atoms with Crippen molar-refractivity contribution < 1.29 is 0 Å². The molecular weight excluding hydrogens is 338 g/mol. The van der Waals surface area contributed by atoms with Crippen molar-refractivity contribution >= 4 is 11.5 Å². The summed E-state index contributed by atoms with van der Waals surface area (Å²) in [6.07, 6.45) is 8.91. The van der Waals surface area contributed by atoms with Gasteiger partial charge in [0.05, 0.1) is 17.6 Å². The molecule has 7 heteroatoms. The molecule has 1 aliphatic heterocycles. The number of fused-ring (bicyclic) bond motifs is 1. The van der Waals surface area contributed by atoms with Crippen molar-refractivity contribution in [2.24, 2.45) is 0 Å². The van der Waals surface area contributed by atoms with E-state index in [0.29, 0.717) is 12.0 Å². The van der Waals surface area contributed by atoms with Crippen molar-refractivity contribution in [3.8, 4) is 17.2 Å². The van der Waals surface area contributed by atoms with E-state index in [9.17, 15) is 0 Å². The van der Waals surface area contributed by atoms with E-state index in [1.165, 1.54) is 25.7 Å². The smallest absolute Gasteiger partial charge is 0.254 e. The normalized spacial score (nSPS) is 16.7. The molecule has 1 aliphatic carbocycles. The zero-order valence-electron chi connectivity index (χ0n) is 15.2. The van der Waals surface area contributed by atoms with Crippen LogP contribution in [-0.2, 0) is 6.42 Å². The van der Waals surface area contributed by atoms with Gasteiger partial charge in [-0.2, -0.15) is 9.67 Å². The first-order valence-corrected chi connectivity index (χ1v) is 9.76. The van der Waals surface area contributed by atoms with E-state index in [-0.39, 0.29) is 0 Å². The van der Waals surface area contributed by atoms with E-state index in [2.05, 4.69) is 20.9 Å². The first kappa shape index (κ1) is 16.2. The van der Waals surface area contributed by atoms with Crippen LogP contribution in [0.25, 0.3) is 17.2 Å². The topological polar surface area (TPSA) is 80.5 Å². The number of aromatic nitrogens is 5. The maximum absolute atomic E-state index is 4.80. The second kappa shape index (κ2) is 6.98. The van der Waals surface area contributed by atoms with Gasteiger partial charge < -0.3 is 10.6 Å². The van der Waals surface area contributed by atoms with Gasteiger partial charge >= 0.3 is 0 Å². The maximum Gasteiger partial charge on any atom is 0.254 e. The van der Waals surface area contributed by atoms with Crippen LogP contribution in [0.15, 0.2) is 36.5 Å². The fraction of sp³-hybridized carbons (Fsp3) is 0.400. The summed E-state index contributed by atoms with van der Waals surface area (Å²) in [5.41, 5.74) is 3.97. The Morgan fingerprint density at radius 1 is 1.04 bits per heavy atom. The maximum atomic E-state index is 4.80. The van der Waals surface area contributed by atoms with E-state index < -0.39 is 0 Å². The highest BCUT2D eigenvalue weighted by Crippen LogP contribution is 2.31. The summed E-state index contributed by atoms with van der Waals surface area (Å²) in [5.74, 6) is 1.48. The van der Waals surface area contributed by atoms with E-state index in [1.807, 2.05) is 36.5 Å². The third-order valence-electron chi connectivity index (χ3n) is 5.33. The van der Waals surface area contributed by atoms with Crippen LogP contribution in [0.4, 0.5) is 11.5 Å². The van der Waals surface area contributed by atoms with Crippen LogP contribution in [0.5, 0.6) is 0 Å².